The Balaban J connectivity index is 0.964. The molecule has 0 spiro atoms. The van der Waals surface area contributed by atoms with Crippen molar-refractivity contribution in [2.75, 3.05) is 0 Å². The van der Waals surface area contributed by atoms with E-state index in [1.165, 1.54) is 47.5 Å². The molecule has 1 fully saturated rings. The molecule has 5 heteroatoms. The number of aromatic nitrogens is 2. The summed E-state index contributed by atoms with van der Waals surface area (Å²) in [6.07, 6.45) is 10.6. The molecule has 0 amide bonds. The monoisotopic (exact) mass is 745 g/mol. The van der Waals surface area contributed by atoms with Gasteiger partial charge in [-0.15, -0.1) is 23.1 Å². The number of hydrogen-bond donors (Lipinski definition) is 0. The van der Waals surface area contributed by atoms with Crippen LogP contribution in [0.3, 0.4) is 0 Å². The molecule has 7 unspecified atom stereocenters. The summed E-state index contributed by atoms with van der Waals surface area (Å²) >= 11 is 4.01. The molecule has 1 saturated carbocycles. The summed E-state index contributed by atoms with van der Waals surface area (Å²) in [7, 11) is 0. The number of rotatable bonds is 5. The van der Waals surface area contributed by atoms with Gasteiger partial charge in [-0.2, -0.15) is 0 Å². The Hall–Kier alpha value is -5.10. The van der Waals surface area contributed by atoms with Crippen molar-refractivity contribution in [2.24, 2.45) is 16.8 Å². The van der Waals surface area contributed by atoms with Crippen LogP contribution < -0.4 is 0 Å². The molecule has 4 heterocycles. The number of thioether (sulfide) groups is 1. The Morgan fingerprint density at radius 2 is 1.51 bits per heavy atom. The van der Waals surface area contributed by atoms with Crippen molar-refractivity contribution in [3.05, 3.63) is 174 Å². The van der Waals surface area contributed by atoms with E-state index in [9.17, 15) is 0 Å². The van der Waals surface area contributed by atoms with Gasteiger partial charge in [0.25, 0.3) is 0 Å². The van der Waals surface area contributed by atoms with E-state index in [2.05, 4.69) is 170 Å². The highest BCUT2D eigenvalue weighted by Crippen LogP contribution is 2.66. The molecule has 0 saturated heterocycles. The van der Waals surface area contributed by atoms with Crippen molar-refractivity contribution in [1.29, 1.82) is 0 Å². The molecular weight excluding hydrogens is 707 g/mol. The zero-order chi connectivity index (χ0) is 36.3. The Morgan fingerprint density at radius 3 is 2.38 bits per heavy atom. The van der Waals surface area contributed by atoms with Crippen molar-refractivity contribution in [1.82, 2.24) is 9.97 Å². The fourth-order valence-corrected chi connectivity index (χ4v) is 13.6. The van der Waals surface area contributed by atoms with Gasteiger partial charge in [-0.05, 0) is 54.7 Å². The molecule has 7 atom stereocenters. The van der Waals surface area contributed by atoms with E-state index in [1.807, 2.05) is 11.3 Å². The average Bonchev–Trinajstić information content (AvgIpc) is 3.50. The van der Waals surface area contributed by atoms with E-state index in [1.54, 1.807) is 0 Å². The molecule has 0 N–H and O–H groups in total. The average molecular weight is 746 g/mol. The lowest BCUT2D eigenvalue weighted by molar-refractivity contribution is 0.212. The van der Waals surface area contributed by atoms with Crippen molar-refractivity contribution >= 4 is 49.0 Å². The largest absolute Gasteiger partial charge is 0.284 e. The molecule has 5 aliphatic rings. The molecule has 2 aromatic heterocycles. The fraction of sp³-hybridized carbons (Fsp3) is 0.220. The van der Waals surface area contributed by atoms with Crippen molar-refractivity contribution in [3.63, 3.8) is 0 Å². The van der Waals surface area contributed by atoms with E-state index in [0.717, 1.165) is 47.6 Å². The standard InChI is InChI=1S/C50H39N3S2/c1-49(36-20-12-24-41-43(36)34-18-8-10-22-39(34)54-41)25-13-21-37-45(49)44-35-19-9-11-23-40(35)55-47(44)46(51-37)32-26-33-29-50(33,28-32)42-27-38(30-14-4-2-5-15-30)52-48(53-42)31-16-6-3-7-17-31/h2-24,26-27,32,37,44-45,47H,25,28-29H2,1H3. The number of benzene rings is 5. The number of fused-ring (bicyclic) bond motifs is 9. The molecule has 3 nitrogen and oxygen atoms in total. The van der Waals surface area contributed by atoms with Gasteiger partial charge in [-0.25, -0.2) is 9.97 Å². The van der Waals surface area contributed by atoms with E-state index >= 15 is 0 Å². The molecule has 5 aromatic carbocycles. The maximum Gasteiger partial charge on any atom is 0.160 e. The first-order valence-corrected chi connectivity index (χ1v) is 21.4. The predicted octanol–water partition coefficient (Wildman–Crippen LogP) is 12.4. The second kappa shape index (κ2) is 11.9. The Morgan fingerprint density at radius 1 is 0.745 bits per heavy atom. The molecule has 266 valence electrons. The molecule has 2 aliphatic heterocycles. The predicted molar refractivity (Wildman–Crippen MR) is 229 cm³/mol. The first-order chi connectivity index (χ1) is 27.1. The summed E-state index contributed by atoms with van der Waals surface area (Å²) in [6.45, 7) is 2.56. The van der Waals surface area contributed by atoms with Crippen LogP contribution in [0.1, 0.15) is 48.9 Å². The lowest BCUT2D eigenvalue weighted by Gasteiger charge is -2.50. The summed E-state index contributed by atoms with van der Waals surface area (Å²) in [5.41, 5.74) is 10.1. The van der Waals surface area contributed by atoms with Gasteiger partial charge in [0.1, 0.15) is 0 Å². The van der Waals surface area contributed by atoms with E-state index in [0.29, 0.717) is 23.0 Å². The normalized spacial score (nSPS) is 28.6. The van der Waals surface area contributed by atoms with Gasteiger partial charge in [-0.3, -0.25) is 4.99 Å². The molecule has 7 aromatic rings. The third-order valence-electron chi connectivity index (χ3n) is 13.5. The van der Waals surface area contributed by atoms with Crippen LogP contribution in [0.4, 0.5) is 0 Å². The van der Waals surface area contributed by atoms with Crippen LogP contribution in [0.5, 0.6) is 0 Å². The van der Waals surface area contributed by atoms with Crippen LogP contribution in [-0.4, -0.2) is 27.0 Å². The minimum Gasteiger partial charge on any atom is -0.284 e. The van der Waals surface area contributed by atoms with Gasteiger partial charge < -0.3 is 0 Å². The molecular formula is C50H39N3S2. The first-order valence-electron chi connectivity index (χ1n) is 19.7. The number of hydrogen-bond acceptors (Lipinski definition) is 5. The van der Waals surface area contributed by atoms with Gasteiger partial charge in [0.15, 0.2) is 5.82 Å². The van der Waals surface area contributed by atoms with Crippen LogP contribution in [-0.2, 0) is 10.8 Å². The number of aliphatic imine (C=N–C) groups is 1. The lowest BCUT2D eigenvalue weighted by atomic mass is 9.56. The molecule has 0 radical (unpaired) electrons. The minimum absolute atomic E-state index is 0.0573. The number of thiophene rings is 1. The SMILES string of the molecule is CC1(c2cccc3sc4ccccc4c23)CC=CC2N=C(C3C=C4CC4(c4cc(-c5ccccc5)nc(-c5ccccc5)n4)C3)C3Sc4ccccc4C3C21. The molecule has 55 heavy (non-hydrogen) atoms. The van der Waals surface area contributed by atoms with Crippen LogP contribution >= 0.6 is 23.1 Å². The maximum atomic E-state index is 5.91. The van der Waals surface area contributed by atoms with Gasteiger partial charge in [0, 0.05) is 70.5 Å². The number of allylic oxidation sites excluding steroid dienone is 3. The van der Waals surface area contributed by atoms with Crippen molar-refractivity contribution < 1.29 is 0 Å². The summed E-state index contributed by atoms with van der Waals surface area (Å²) in [6, 6.07) is 48.8. The van der Waals surface area contributed by atoms with E-state index < -0.39 is 0 Å². The highest BCUT2D eigenvalue weighted by atomic mass is 32.2. The zero-order valence-electron chi connectivity index (χ0n) is 30.6. The summed E-state index contributed by atoms with van der Waals surface area (Å²) in [5, 5.41) is 3.15. The summed E-state index contributed by atoms with van der Waals surface area (Å²) in [4.78, 5) is 17.8. The van der Waals surface area contributed by atoms with Gasteiger partial charge in [0.2, 0.25) is 0 Å². The fourth-order valence-electron chi connectivity index (χ4n) is 10.9. The summed E-state index contributed by atoms with van der Waals surface area (Å²) < 4.78 is 2.76. The highest BCUT2D eigenvalue weighted by molar-refractivity contribution is 8.01. The Labute approximate surface area is 330 Å². The Kier molecular flexibility index (Phi) is 6.99. The zero-order valence-corrected chi connectivity index (χ0v) is 32.2. The van der Waals surface area contributed by atoms with Crippen LogP contribution in [0, 0.1) is 11.8 Å². The number of nitrogens with zero attached hydrogens (tertiary/aromatic N) is 3. The van der Waals surface area contributed by atoms with Crippen molar-refractivity contribution in [2.45, 2.75) is 59.1 Å². The van der Waals surface area contributed by atoms with Crippen LogP contribution in [0.15, 0.2) is 167 Å². The summed E-state index contributed by atoms with van der Waals surface area (Å²) in [5.74, 6) is 1.84. The highest BCUT2D eigenvalue weighted by Gasteiger charge is 2.61. The molecule has 3 aliphatic carbocycles. The third-order valence-corrected chi connectivity index (χ3v) is 16.0. The van der Waals surface area contributed by atoms with Gasteiger partial charge in [-0.1, -0.05) is 140 Å². The quantitative estimate of drug-likeness (QED) is 0.165. The first kappa shape index (κ1) is 32.2. The molecule has 12 rings (SSSR count). The smallest absolute Gasteiger partial charge is 0.160 e. The van der Waals surface area contributed by atoms with E-state index in [4.69, 9.17) is 15.0 Å². The maximum absolute atomic E-state index is 5.91. The van der Waals surface area contributed by atoms with E-state index in [-0.39, 0.29) is 16.9 Å². The minimum atomic E-state index is -0.0706. The van der Waals surface area contributed by atoms with Crippen LogP contribution in [0.25, 0.3) is 42.8 Å². The van der Waals surface area contributed by atoms with Gasteiger partial charge >= 0.3 is 0 Å². The lowest BCUT2D eigenvalue weighted by Crippen LogP contribution is -2.51. The second-order valence-electron chi connectivity index (χ2n) is 16.5. The topological polar surface area (TPSA) is 38.1 Å². The van der Waals surface area contributed by atoms with Gasteiger partial charge in [0.05, 0.1) is 22.7 Å². The molecule has 0 bridgehead atoms. The second-order valence-corrected chi connectivity index (χ2v) is 18.7. The van der Waals surface area contributed by atoms with Crippen molar-refractivity contribution in [3.8, 4) is 22.6 Å². The Bertz CT molecular complexity index is 2730. The third kappa shape index (κ3) is 4.79. The van der Waals surface area contributed by atoms with Crippen LogP contribution in [0.2, 0.25) is 0 Å².